The molecule has 0 unspecified atom stereocenters. The Labute approximate surface area is 228 Å². The number of alkyl halides is 6. The van der Waals surface area contributed by atoms with Crippen LogP contribution in [0.4, 0.5) is 26.3 Å². The van der Waals surface area contributed by atoms with Crippen LogP contribution in [0.3, 0.4) is 0 Å². The van der Waals surface area contributed by atoms with Crippen LogP contribution in [0.25, 0.3) is 31.6 Å². The van der Waals surface area contributed by atoms with Gasteiger partial charge in [0, 0.05) is 22.5 Å². The molecular weight excluding hydrogens is 582 g/mol. The number of hydrogen-bond donors (Lipinski definition) is 2. The maximum Gasteiger partial charge on any atom is 0.573 e. The van der Waals surface area contributed by atoms with Gasteiger partial charge in [-0.05, 0) is 48.4 Å². The Morgan fingerprint density at radius 2 is 1.83 bits per heavy atom. The monoisotopic (exact) mass is 598 g/mol. The number of nitrogens with zero attached hydrogens (tertiary/aromatic N) is 3. The van der Waals surface area contributed by atoms with Gasteiger partial charge in [0.05, 0.1) is 17.4 Å². The Kier molecular flexibility index (Phi) is 6.98. The largest absolute Gasteiger partial charge is 0.573 e. The molecule has 0 amide bonds. The van der Waals surface area contributed by atoms with Crippen molar-refractivity contribution in [3.63, 3.8) is 0 Å². The number of H-pyrrole nitrogens is 1. The van der Waals surface area contributed by atoms with Crippen LogP contribution in [0.15, 0.2) is 58.5 Å². The minimum atomic E-state index is -5.12. The highest BCUT2D eigenvalue weighted by atomic mass is 32.1. The van der Waals surface area contributed by atoms with Crippen molar-refractivity contribution in [1.29, 1.82) is 0 Å². The van der Waals surface area contributed by atoms with Gasteiger partial charge in [-0.2, -0.15) is 13.2 Å². The first kappa shape index (κ1) is 28.1. The van der Waals surface area contributed by atoms with Crippen LogP contribution in [0.1, 0.15) is 5.56 Å². The highest BCUT2D eigenvalue weighted by Gasteiger charge is 2.39. The lowest BCUT2D eigenvalue weighted by Crippen LogP contribution is -2.38. The van der Waals surface area contributed by atoms with E-state index < -0.39 is 42.2 Å². The third kappa shape index (κ3) is 5.74. The van der Waals surface area contributed by atoms with E-state index in [4.69, 9.17) is 4.74 Å². The molecule has 0 aliphatic heterocycles. The number of halogens is 6. The fourth-order valence-corrected chi connectivity index (χ4v) is 5.38. The molecule has 3 aromatic heterocycles. The molecule has 0 aliphatic rings. The van der Waals surface area contributed by atoms with E-state index in [1.54, 1.807) is 12.3 Å². The molecule has 9 nitrogen and oxygen atoms in total. The zero-order chi connectivity index (χ0) is 29.7. The summed E-state index contributed by atoms with van der Waals surface area (Å²) in [6.45, 7) is 0.213. The number of aliphatic hydroxyl groups is 1. The van der Waals surface area contributed by atoms with Crippen LogP contribution < -0.4 is 20.7 Å². The van der Waals surface area contributed by atoms with E-state index in [1.165, 1.54) is 37.5 Å². The Balaban J connectivity index is 1.61. The molecule has 0 fully saturated rings. The second-order valence-electron chi connectivity index (χ2n) is 8.72. The molecule has 3 heterocycles. The lowest BCUT2D eigenvalue weighted by atomic mass is 10.1. The van der Waals surface area contributed by atoms with E-state index in [9.17, 15) is 41.0 Å². The van der Waals surface area contributed by atoms with Crippen molar-refractivity contribution >= 4 is 32.5 Å². The Morgan fingerprint density at radius 1 is 1.07 bits per heavy atom. The Hall–Kier alpha value is -4.44. The first-order chi connectivity index (χ1) is 19.2. The summed E-state index contributed by atoms with van der Waals surface area (Å²) in [7, 11) is 0. The van der Waals surface area contributed by atoms with E-state index in [0.29, 0.717) is 26.8 Å². The molecule has 5 rings (SSSR count). The second kappa shape index (κ2) is 10.2. The summed E-state index contributed by atoms with van der Waals surface area (Å²) < 4.78 is 89.4. The Morgan fingerprint density at radius 3 is 2.54 bits per heavy atom. The lowest BCUT2D eigenvalue weighted by Gasteiger charge is -2.16. The predicted molar refractivity (Wildman–Crippen MR) is 135 cm³/mol. The van der Waals surface area contributed by atoms with Gasteiger partial charge < -0.3 is 14.6 Å². The van der Waals surface area contributed by atoms with Gasteiger partial charge in [-0.15, -0.1) is 24.5 Å². The second-order valence-corrected chi connectivity index (χ2v) is 9.72. The SMILES string of the molecule is Cc1c(-c2ccc(Oc3ccc4cncnc4c3)c(OC(F)(F)F)c2)sc2c1c(=O)[nH]c(=O)n2C[C@@H](O)C(F)(F)F. The maximum atomic E-state index is 13.3. The molecule has 214 valence electrons. The van der Waals surface area contributed by atoms with Crippen molar-refractivity contribution in [3.8, 4) is 27.7 Å². The number of hydrogen-bond acceptors (Lipinski definition) is 8. The summed E-state index contributed by atoms with van der Waals surface area (Å²) in [4.78, 5) is 34.7. The molecule has 0 spiro atoms. The van der Waals surface area contributed by atoms with Gasteiger partial charge in [0.1, 0.15) is 16.9 Å². The van der Waals surface area contributed by atoms with Crippen LogP contribution >= 0.6 is 11.3 Å². The molecule has 2 N–H and O–H groups in total. The molecule has 0 radical (unpaired) electrons. The molecule has 0 aliphatic carbocycles. The average molecular weight is 598 g/mol. The molecule has 5 aromatic rings. The topological polar surface area (TPSA) is 119 Å². The number of aromatic nitrogens is 4. The summed E-state index contributed by atoms with van der Waals surface area (Å²) in [6, 6.07) is 8.13. The summed E-state index contributed by atoms with van der Waals surface area (Å²) in [5, 5.41) is 10.0. The first-order valence-corrected chi connectivity index (χ1v) is 12.3. The minimum Gasteiger partial charge on any atom is -0.453 e. The molecule has 1 atom stereocenters. The number of aliphatic hydroxyl groups excluding tert-OH is 1. The van der Waals surface area contributed by atoms with E-state index in [0.717, 1.165) is 6.07 Å². The fourth-order valence-electron chi connectivity index (χ4n) is 4.07. The molecule has 0 bridgehead atoms. The van der Waals surface area contributed by atoms with E-state index in [1.807, 2.05) is 4.98 Å². The smallest absolute Gasteiger partial charge is 0.453 e. The van der Waals surface area contributed by atoms with Gasteiger partial charge in [-0.3, -0.25) is 14.3 Å². The molecule has 0 saturated carbocycles. The number of fused-ring (bicyclic) bond motifs is 2. The predicted octanol–water partition coefficient (Wildman–Crippen LogP) is 5.28. The Bertz CT molecular complexity index is 1900. The van der Waals surface area contributed by atoms with Gasteiger partial charge in [0.25, 0.3) is 5.56 Å². The zero-order valence-electron chi connectivity index (χ0n) is 20.5. The molecule has 0 saturated heterocycles. The van der Waals surface area contributed by atoms with Crippen LogP contribution in [0, 0.1) is 6.92 Å². The minimum absolute atomic E-state index is 0.0938. The number of nitrogens with one attached hydrogen (secondary N) is 1. The summed E-state index contributed by atoms with van der Waals surface area (Å²) in [6.07, 6.45) is -10.2. The van der Waals surface area contributed by atoms with E-state index in [2.05, 4.69) is 14.7 Å². The third-order valence-electron chi connectivity index (χ3n) is 5.94. The van der Waals surface area contributed by atoms with Crippen molar-refractivity contribution in [3.05, 3.63) is 75.3 Å². The van der Waals surface area contributed by atoms with Crippen molar-refractivity contribution in [1.82, 2.24) is 19.5 Å². The van der Waals surface area contributed by atoms with Gasteiger partial charge in [-0.25, -0.2) is 14.8 Å². The van der Waals surface area contributed by atoms with Gasteiger partial charge in [0.2, 0.25) is 0 Å². The van der Waals surface area contributed by atoms with Crippen molar-refractivity contribution in [2.45, 2.75) is 32.1 Å². The lowest BCUT2D eigenvalue weighted by molar-refractivity contribution is -0.275. The molecule has 16 heteroatoms. The zero-order valence-corrected chi connectivity index (χ0v) is 21.3. The molecular formula is C25H16F6N4O5S. The van der Waals surface area contributed by atoms with Crippen LogP contribution in [0.5, 0.6) is 17.2 Å². The van der Waals surface area contributed by atoms with Gasteiger partial charge >= 0.3 is 18.2 Å². The normalized spacial score (nSPS) is 13.1. The standard InChI is InChI=1S/C25H16F6N4O5S/c1-11-19-21(37)34-23(38)35(9-18(36)24(26,27)28)22(19)41-20(11)12-3-5-16(17(6-12)40-25(29,30)31)39-14-4-2-13-8-32-10-33-15(13)7-14/h2-8,10,18,36H,9H2,1H3,(H,34,37,38)/t18-/m1/s1. The number of ether oxygens (including phenoxy) is 2. The van der Waals surface area contributed by atoms with Gasteiger partial charge in [0.15, 0.2) is 17.6 Å². The van der Waals surface area contributed by atoms with Crippen LogP contribution in [0.2, 0.25) is 0 Å². The first-order valence-electron chi connectivity index (χ1n) is 11.5. The van der Waals surface area contributed by atoms with Crippen LogP contribution in [-0.4, -0.2) is 43.3 Å². The molecule has 2 aromatic carbocycles. The fraction of sp³-hybridized carbons (Fsp3) is 0.200. The number of thiophene rings is 1. The van der Waals surface area contributed by atoms with Crippen LogP contribution in [-0.2, 0) is 6.54 Å². The number of aryl methyl sites for hydroxylation is 1. The van der Waals surface area contributed by atoms with Crippen molar-refractivity contribution in [2.75, 3.05) is 0 Å². The third-order valence-corrected chi connectivity index (χ3v) is 7.30. The number of rotatable bonds is 6. The van der Waals surface area contributed by atoms with E-state index in [-0.39, 0.29) is 37.7 Å². The molecule has 41 heavy (non-hydrogen) atoms. The highest BCUT2D eigenvalue weighted by Crippen LogP contribution is 2.42. The highest BCUT2D eigenvalue weighted by molar-refractivity contribution is 7.22. The quantitative estimate of drug-likeness (QED) is 0.255. The maximum absolute atomic E-state index is 13.3. The van der Waals surface area contributed by atoms with Crippen molar-refractivity contribution < 1.29 is 40.9 Å². The average Bonchev–Trinajstić information content (AvgIpc) is 3.23. The van der Waals surface area contributed by atoms with Crippen molar-refractivity contribution in [2.24, 2.45) is 0 Å². The summed E-state index contributed by atoms with van der Waals surface area (Å²) in [5.41, 5.74) is -1.35. The summed E-state index contributed by atoms with van der Waals surface area (Å²) >= 11 is 0.695. The number of benzene rings is 2. The van der Waals surface area contributed by atoms with E-state index >= 15 is 0 Å². The van der Waals surface area contributed by atoms with Gasteiger partial charge in [-0.1, -0.05) is 0 Å². The number of aromatic amines is 1. The summed E-state index contributed by atoms with van der Waals surface area (Å²) in [5.74, 6) is -0.914.